The zero-order valence-corrected chi connectivity index (χ0v) is 14.6. The predicted molar refractivity (Wildman–Crippen MR) is 97.1 cm³/mol. The van der Waals surface area contributed by atoms with Crippen LogP contribution in [0.1, 0.15) is 16.1 Å². The number of nitrogens with one attached hydrogen (secondary N) is 2. The molecule has 0 unspecified atom stereocenters. The summed E-state index contributed by atoms with van der Waals surface area (Å²) in [4.78, 5) is 16.0. The van der Waals surface area contributed by atoms with Crippen LogP contribution in [0.25, 0.3) is 10.9 Å². The summed E-state index contributed by atoms with van der Waals surface area (Å²) in [6, 6.07) is 11.1. The van der Waals surface area contributed by atoms with Gasteiger partial charge in [0.05, 0.1) is 26.9 Å². The van der Waals surface area contributed by atoms with Gasteiger partial charge in [0.15, 0.2) is 11.5 Å². The number of hydrogen-bond donors (Lipinski definition) is 2. The molecule has 0 aliphatic rings. The lowest BCUT2D eigenvalue weighted by Gasteiger charge is -2.14. The molecule has 0 bridgehead atoms. The Bertz CT molecular complexity index is 905. The molecule has 0 radical (unpaired) electrons. The highest BCUT2D eigenvalue weighted by molar-refractivity contribution is 6.14. The molecule has 2 N–H and O–H groups in total. The maximum atomic E-state index is 12.8. The molecule has 3 aromatic rings. The molecule has 3 rings (SSSR count). The molecule has 0 atom stereocenters. The number of hydrogen-bond acceptors (Lipinski definition) is 4. The van der Waals surface area contributed by atoms with Crippen LogP contribution in [-0.4, -0.2) is 32.2 Å². The van der Waals surface area contributed by atoms with E-state index in [9.17, 15) is 4.79 Å². The molecule has 0 saturated heterocycles. The summed E-state index contributed by atoms with van der Waals surface area (Å²) in [5.74, 6) is 1.23. The summed E-state index contributed by atoms with van der Waals surface area (Å²) in [5.41, 5.74) is 2.91. The van der Waals surface area contributed by atoms with E-state index in [1.54, 1.807) is 12.1 Å². The lowest BCUT2D eigenvalue weighted by atomic mass is 10.1. The molecule has 0 aliphatic heterocycles. The first kappa shape index (κ1) is 16.7. The second kappa shape index (κ2) is 6.76. The Hall–Kier alpha value is -3.15. The first-order valence-corrected chi connectivity index (χ1v) is 7.77. The average Bonchev–Trinajstić information content (AvgIpc) is 2.96. The Labute approximate surface area is 145 Å². The first-order valence-electron chi connectivity index (χ1n) is 7.77. The van der Waals surface area contributed by atoms with Crippen LogP contribution < -0.4 is 19.5 Å². The number of anilines is 1. The summed E-state index contributed by atoms with van der Waals surface area (Å²) in [6.45, 7) is 1.88. The minimum absolute atomic E-state index is 0.204. The standard InChI is InChI=1S/C19H20N2O4/c1-11-17(13-7-5-6-8-14(13)20-11)19(22)21-12-9-15(23-2)18(25-4)16(10-12)24-3/h5-10,20H,1-4H3,(H,21,22). The molecule has 1 heterocycles. The van der Waals surface area contributed by atoms with Crippen molar-refractivity contribution in [3.05, 3.63) is 47.7 Å². The molecular weight excluding hydrogens is 320 g/mol. The van der Waals surface area contributed by atoms with E-state index >= 15 is 0 Å². The van der Waals surface area contributed by atoms with E-state index < -0.39 is 0 Å². The number of carbonyl (C=O) groups is 1. The molecule has 0 saturated carbocycles. The number of aromatic amines is 1. The number of rotatable bonds is 5. The number of carbonyl (C=O) groups excluding carboxylic acids is 1. The zero-order valence-electron chi connectivity index (χ0n) is 14.6. The average molecular weight is 340 g/mol. The van der Waals surface area contributed by atoms with Crippen LogP contribution in [0.3, 0.4) is 0 Å². The number of fused-ring (bicyclic) bond motifs is 1. The quantitative estimate of drug-likeness (QED) is 0.742. The zero-order chi connectivity index (χ0) is 18.0. The number of benzene rings is 2. The number of amides is 1. The van der Waals surface area contributed by atoms with Crippen LogP contribution in [0.4, 0.5) is 5.69 Å². The van der Waals surface area contributed by atoms with Gasteiger partial charge in [0.1, 0.15) is 0 Å². The fourth-order valence-electron chi connectivity index (χ4n) is 2.92. The molecule has 1 amide bonds. The van der Waals surface area contributed by atoms with Crippen molar-refractivity contribution >= 4 is 22.5 Å². The second-order valence-electron chi connectivity index (χ2n) is 5.54. The monoisotopic (exact) mass is 340 g/mol. The van der Waals surface area contributed by atoms with E-state index in [4.69, 9.17) is 14.2 Å². The maximum Gasteiger partial charge on any atom is 0.258 e. The van der Waals surface area contributed by atoms with E-state index in [2.05, 4.69) is 10.3 Å². The van der Waals surface area contributed by atoms with Gasteiger partial charge in [-0.3, -0.25) is 4.79 Å². The number of para-hydroxylation sites is 1. The molecule has 0 aliphatic carbocycles. The van der Waals surface area contributed by atoms with E-state index in [0.29, 0.717) is 28.5 Å². The smallest absolute Gasteiger partial charge is 0.258 e. The van der Waals surface area contributed by atoms with E-state index in [-0.39, 0.29) is 5.91 Å². The van der Waals surface area contributed by atoms with E-state index in [1.807, 2.05) is 31.2 Å². The van der Waals surface area contributed by atoms with Gasteiger partial charge >= 0.3 is 0 Å². The van der Waals surface area contributed by atoms with Gasteiger partial charge in [0.2, 0.25) is 5.75 Å². The Morgan fingerprint density at radius 3 is 2.24 bits per heavy atom. The third-order valence-electron chi connectivity index (χ3n) is 4.04. The molecule has 6 nitrogen and oxygen atoms in total. The Morgan fingerprint density at radius 1 is 1.00 bits per heavy atom. The van der Waals surface area contributed by atoms with Crippen LogP contribution in [0.5, 0.6) is 17.2 Å². The minimum Gasteiger partial charge on any atom is -0.493 e. The molecular formula is C19H20N2O4. The van der Waals surface area contributed by atoms with Crippen LogP contribution in [-0.2, 0) is 0 Å². The Balaban J connectivity index is 1.99. The van der Waals surface area contributed by atoms with Crippen molar-refractivity contribution in [2.45, 2.75) is 6.92 Å². The molecule has 2 aromatic carbocycles. The van der Waals surface area contributed by atoms with Gasteiger partial charge in [-0.2, -0.15) is 0 Å². The predicted octanol–water partition coefficient (Wildman–Crippen LogP) is 3.75. The number of methoxy groups -OCH3 is 3. The molecule has 130 valence electrons. The van der Waals surface area contributed by atoms with Crippen molar-refractivity contribution in [1.82, 2.24) is 4.98 Å². The van der Waals surface area contributed by atoms with Gasteiger partial charge < -0.3 is 24.5 Å². The summed E-state index contributed by atoms with van der Waals surface area (Å²) >= 11 is 0. The van der Waals surface area contributed by atoms with Crippen LogP contribution in [0.2, 0.25) is 0 Å². The Kier molecular flexibility index (Phi) is 4.52. The van der Waals surface area contributed by atoms with Crippen molar-refractivity contribution in [2.75, 3.05) is 26.6 Å². The summed E-state index contributed by atoms with van der Waals surface area (Å²) in [5, 5.41) is 3.78. The van der Waals surface area contributed by atoms with Crippen molar-refractivity contribution in [1.29, 1.82) is 0 Å². The van der Waals surface area contributed by atoms with Crippen molar-refractivity contribution in [3.63, 3.8) is 0 Å². The molecule has 6 heteroatoms. The summed E-state index contributed by atoms with van der Waals surface area (Å²) in [7, 11) is 4.60. The fourth-order valence-corrected chi connectivity index (χ4v) is 2.92. The summed E-state index contributed by atoms with van der Waals surface area (Å²) < 4.78 is 15.9. The topological polar surface area (TPSA) is 72.6 Å². The molecule has 25 heavy (non-hydrogen) atoms. The number of ether oxygens (including phenoxy) is 3. The van der Waals surface area contributed by atoms with Gasteiger partial charge in [-0.15, -0.1) is 0 Å². The van der Waals surface area contributed by atoms with E-state index in [0.717, 1.165) is 16.6 Å². The van der Waals surface area contributed by atoms with Crippen LogP contribution >= 0.6 is 0 Å². The van der Waals surface area contributed by atoms with E-state index in [1.165, 1.54) is 21.3 Å². The van der Waals surface area contributed by atoms with Gasteiger partial charge in [0.25, 0.3) is 5.91 Å². The number of aryl methyl sites for hydroxylation is 1. The third kappa shape index (κ3) is 2.98. The van der Waals surface area contributed by atoms with Crippen molar-refractivity contribution in [3.8, 4) is 17.2 Å². The number of aromatic nitrogens is 1. The van der Waals surface area contributed by atoms with Gasteiger partial charge in [-0.25, -0.2) is 0 Å². The maximum absolute atomic E-state index is 12.8. The van der Waals surface area contributed by atoms with Crippen molar-refractivity contribution < 1.29 is 19.0 Å². The van der Waals surface area contributed by atoms with Gasteiger partial charge in [0, 0.05) is 34.4 Å². The highest BCUT2D eigenvalue weighted by Gasteiger charge is 2.18. The SMILES string of the molecule is COc1cc(NC(=O)c2c(C)[nH]c3ccccc23)cc(OC)c1OC. The van der Waals surface area contributed by atoms with Gasteiger partial charge in [-0.05, 0) is 13.0 Å². The van der Waals surface area contributed by atoms with Crippen LogP contribution in [0, 0.1) is 6.92 Å². The second-order valence-corrected chi connectivity index (χ2v) is 5.54. The highest BCUT2D eigenvalue weighted by Crippen LogP contribution is 2.40. The lowest BCUT2D eigenvalue weighted by Crippen LogP contribution is -2.13. The largest absolute Gasteiger partial charge is 0.493 e. The Morgan fingerprint density at radius 2 is 1.64 bits per heavy atom. The van der Waals surface area contributed by atoms with Crippen LogP contribution in [0.15, 0.2) is 36.4 Å². The molecule has 0 spiro atoms. The normalized spacial score (nSPS) is 10.6. The lowest BCUT2D eigenvalue weighted by molar-refractivity contribution is 0.102. The first-order chi connectivity index (χ1) is 12.1. The highest BCUT2D eigenvalue weighted by atomic mass is 16.5. The number of H-pyrrole nitrogens is 1. The summed E-state index contributed by atoms with van der Waals surface area (Å²) in [6.07, 6.45) is 0. The fraction of sp³-hybridized carbons (Fsp3) is 0.211. The van der Waals surface area contributed by atoms with Crippen molar-refractivity contribution in [2.24, 2.45) is 0 Å². The molecule has 1 aromatic heterocycles. The molecule has 0 fully saturated rings. The van der Waals surface area contributed by atoms with Gasteiger partial charge in [-0.1, -0.05) is 18.2 Å². The minimum atomic E-state index is -0.204. The third-order valence-corrected chi connectivity index (χ3v) is 4.04.